The second kappa shape index (κ2) is 7.30. The Labute approximate surface area is 171 Å². The maximum absolute atomic E-state index is 13.0. The molecule has 1 unspecified atom stereocenters. The number of amides is 2. The molecule has 1 N–H and O–H groups in total. The monoisotopic (exact) mass is 390 g/mol. The zero-order chi connectivity index (χ0) is 19.8. The molecule has 1 spiro atoms. The Kier molecular flexibility index (Phi) is 4.63. The van der Waals surface area contributed by atoms with Crippen molar-refractivity contribution in [1.29, 1.82) is 0 Å². The number of rotatable bonds is 1. The second-order valence-electron chi connectivity index (χ2n) is 8.35. The Hall–Kier alpha value is -2.66. The van der Waals surface area contributed by atoms with E-state index in [0.717, 1.165) is 43.2 Å². The number of ketones is 1. The van der Waals surface area contributed by atoms with E-state index < -0.39 is 5.60 Å². The summed E-state index contributed by atoms with van der Waals surface area (Å²) in [5, 5.41) is 3.01. The molecule has 0 saturated carbocycles. The molecule has 1 atom stereocenters. The van der Waals surface area contributed by atoms with Gasteiger partial charge in [0.1, 0.15) is 5.60 Å². The number of nitrogens with one attached hydrogen (secondary N) is 1. The highest BCUT2D eigenvalue weighted by atomic mass is 16.5. The van der Waals surface area contributed by atoms with Gasteiger partial charge in [-0.1, -0.05) is 30.3 Å². The minimum atomic E-state index is -0.393. The Bertz CT molecular complexity index is 966. The molecule has 29 heavy (non-hydrogen) atoms. The highest BCUT2D eigenvalue weighted by Gasteiger charge is 2.44. The quantitative estimate of drug-likeness (QED) is 0.739. The predicted molar refractivity (Wildman–Crippen MR) is 111 cm³/mol. The Morgan fingerprint density at radius 2 is 1.90 bits per heavy atom. The smallest absolute Gasteiger partial charge is 0.322 e. The lowest BCUT2D eigenvalue weighted by molar-refractivity contribution is -0.100. The summed E-state index contributed by atoms with van der Waals surface area (Å²) in [5.41, 5.74) is 4.70. The van der Waals surface area contributed by atoms with E-state index in [0.29, 0.717) is 31.8 Å². The summed E-state index contributed by atoms with van der Waals surface area (Å²) in [6, 6.07) is 14.0. The molecule has 2 amide bonds. The molecule has 1 heterocycles. The molecule has 5 nitrogen and oxygen atoms in total. The number of benzene rings is 2. The van der Waals surface area contributed by atoms with Crippen LogP contribution in [-0.2, 0) is 23.2 Å². The molecule has 1 saturated heterocycles. The fourth-order valence-electron chi connectivity index (χ4n) is 5.00. The Morgan fingerprint density at radius 1 is 1.03 bits per heavy atom. The zero-order valence-electron chi connectivity index (χ0n) is 16.6. The second-order valence-corrected chi connectivity index (χ2v) is 8.35. The van der Waals surface area contributed by atoms with Crippen LogP contribution < -0.4 is 5.32 Å². The molecule has 2 aliphatic carbocycles. The van der Waals surface area contributed by atoms with Gasteiger partial charge in [0.25, 0.3) is 0 Å². The van der Waals surface area contributed by atoms with Crippen molar-refractivity contribution in [2.75, 3.05) is 25.0 Å². The number of ether oxygens (including phenoxy) is 1. The van der Waals surface area contributed by atoms with Gasteiger partial charge in [-0.25, -0.2) is 4.79 Å². The number of hydrogen-bond donors (Lipinski definition) is 1. The highest BCUT2D eigenvalue weighted by Crippen LogP contribution is 2.42. The zero-order valence-corrected chi connectivity index (χ0v) is 16.6. The lowest BCUT2D eigenvalue weighted by Crippen LogP contribution is -2.52. The lowest BCUT2D eigenvalue weighted by Gasteiger charge is -2.41. The number of carbonyl (C=O) groups excluding carboxylic acids is 2. The summed E-state index contributed by atoms with van der Waals surface area (Å²) in [4.78, 5) is 27.2. The van der Waals surface area contributed by atoms with Gasteiger partial charge in [0.15, 0.2) is 5.78 Å². The van der Waals surface area contributed by atoms with Crippen LogP contribution in [0.15, 0.2) is 42.5 Å². The van der Waals surface area contributed by atoms with Crippen LogP contribution in [0.25, 0.3) is 0 Å². The van der Waals surface area contributed by atoms with Crippen molar-refractivity contribution in [1.82, 2.24) is 4.90 Å². The maximum atomic E-state index is 13.0. The van der Waals surface area contributed by atoms with Crippen molar-refractivity contribution in [3.05, 3.63) is 64.7 Å². The van der Waals surface area contributed by atoms with Crippen molar-refractivity contribution in [3.63, 3.8) is 0 Å². The average molecular weight is 390 g/mol. The van der Waals surface area contributed by atoms with Crippen LogP contribution in [-0.4, -0.2) is 36.4 Å². The van der Waals surface area contributed by atoms with Gasteiger partial charge < -0.3 is 15.0 Å². The summed E-state index contributed by atoms with van der Waals surface area (Å²) < 4.78 is 6.22. The molecule has 5 rings (SSSR count). The molecule has 2 aromatic carbocycles. The van der Waals surface area contributed by atoms with Crippen molar-refractivity contribution < 1.29 is 14.3 Å². The summed E-state index contributed by atoms with van der Waals surface area (Å²) in [5.74, 6) is 0.182. The average Bonchev–Trinajstić information content (AvgIpc) is 2.98. The number of carbonyl (C=O) groups is 2. The van der Waals surface area contributed by atoms with Crippen LogP contribution in [0.5, 0.6) is 0 Å². The summed E-state index contributed by atoms with van der Waals surface area (Å²) in [6.45, 7) is 1.66. The van der Waals surface area contributed by atoms with Crippen LogP contribution >= 0.6 is 0 Å². The van der Waals surface area contributed by atoms with Crippen molar-refractivity contribution in [2.24, 2.45) is 0 Å². The first kappa shape index (κ1) is 18.4. The Morgan fingerprint density at radius 3 is 2.83 bits per heavy atom. The van der Waals surface area contributed by atoms with Gasteiger partial charge in [-0.2, -0.15) is 0 Å². The largest absolute Gasteiger partial charge is 0.367 e. The number of nitrogens with zero attached hydrogens (tertiary/aromatic N) is 1. The van der Waals surface area contributed by atoms with Gasteiger partial charge in [-0.05, 0) is 60.9 Å². The lowest BCUT2D eigenvalue weighted by atomic mass is 9.94. The minimum absolute atomic E-state index is 0.127. The van der Waals surface area contributed by atoms with E-state index in [1.165, 1.54) is 11.1 Å². The van der Waals surface area contributed by atoms with E-state index in [2.05, 4.69) is 23.5 Å². The molecule has 2 aromatic rings. The van der Waals surface area contributed by atoms with Crippen molar-refractivity contribution in [3.8, 4) is 0 Å². The van der Waals surface area contributed by atoms with Gasteiger partial charge in [0.05, 0.1) is 13.2 Å². The number of fused-ring (bicyclic) bond motifs is 3. The number of urea groups is 1. The minimum Gasteiger partial charge on any atom is -0.367 e. The standard InChI is InChI=1S/C24H26N2O3/c27-22-8-4-2-5-17-9-10-19(15-20(17)22)25-23(28)26-13-14-29-24(16-26)12-11-18-6-1-3-7-21(18)24/h1,3,6-7,9-10,15H,2,4-5,8,11-14,16H2,(H,25,28). The highest BCUT2D eigenvalue weighted by molar-refractivity contribution is 6.00. The van der Waals surface area contributed by atoms with Crippen LogP contribution in [0.4, 0.5) is 10.5 Å². The van der Waals surface area contributed by atoms with E-state index in [9.17, 15) is 9.59 Å². The van der Waals surface area contributed by atoms with Crippen LogP contribution in [0.3, 0.4) is 0 Å². The fourth-order valence-corrected chi connectivity index (χ4v) is 5.00. The first-order chi connectivity index (χ1) is 14.1. The first-order valence-electron chi connectivity index (χ1n) is 10.6. The Balaban J connectivity index is 1.34. The SMILES string of the molecule is O=C1CCCCc2ccc(NC(=O)N3CCOC4(CCc5ccccc54)C3)cc21. The van der Waals surface area contributed by atoms with E-state index in [1.807, 2.05) is 29.2 Å². The van der Waals surface area contributed by atoms with Crippen molar-refractivity contribution >= 4 is 17.5 Å². The molecule has 0 bridgehead atoms. The van der Waals surface area contributed by atoms with Crippen LogP contribution in [0.2, 0.25) is 0 Å². The van der Waals surface area contributed by atoms with Gasteiger partial charge in [-0.3, -0.25) is 4.79 Å². The third-order valence-corrected chi connectivity index (χ3v) is 6.54. The molecule has 0 radical (unpaired) electrons. The van der Waals surface area contributed by atoms with Crippen LogP contribution in [0, 0.1) is 0 Å². The molecule has 5 heteroatoms. The van der Waals surface area contributed by atoms with Crippen LogP contribution in [0.1, 0.15) is 52.7 Å². The predicted octanol–water partition coefficient (Wildman–Crippen LogP) is 4.30. The molecule has 150 valence electrons. The van der Waals surface area contributed by atoms with E-state index in [-0.39, 0.29) is 11.8 Å². The van der Waals surface area contributed by atoms with E-state index >= 15 is 0 Å². The molecule has 1 fully saturated rings. The number of aryl methyl sites for hydroxylation is 2. The van der Waals surface area contributed by atoms with E-state index in [1.54, 1.807) is 0 Å². The number of anilines is 1. The number of hydrogen-bond acceptors (Lipinski definition) is 3. The normalized spacial score (nSPS) is 23.4. The third kappa shape index (κ3) is 3.33. The first-order valence-corrected chi connectivity index (χ1v) is 10.6. The summed E-state index contributed by atoms with van der Waals surface area (Å²) in [6.07, 6.45) is 5.40. The molecular formula is C24H26N2O3. The fraction of sp³-hybridized carbons (Fsp3) is 0.417. The van der Waals surface area contributed by atoms with Crippen molar-refractivity contribution in [2.45, 2.75) is 44.1 Å². The summed E-state index contributed by atoms with van der Waals surface area (Å²) in [7, 11) is 0. The van der Waals surface area contributed by atoms with Gasteiger partial charge in [0, 0.05) is 24.2 Å². The maximum Gasteiger partial charge on any atom is 0.322 e. The molecule has 0 aromatic heterocycles. The van der Waals surface area contributed by atoms with Gasteiger partial charge in [0.2, 0.25) is 0 Å². The molecule has 1 aliphatic heterocycles. The molecular weight excluding hydrogens is 364 g/mol. The summed E-state index contributed by atoms with van der Waals surface area (Å²) >= 11 is 0. The van der Waals surface area contributed by atoms with Gasteiger partial charge in [-0.15, -0.1) is 0 Å². The van der Waals surface area contributed by atoms with Gasteiger partial charge >= 0.3 is 6.03 Å². The number of Topliss-reactive ketones (excluding diaryl/α,β-unsaturated/α-hetero) is 1. The molecule has 3 aliphatic rings. The third-order valence-electron chi connectivity index (χ3n) is 6.54. The van der Waals surface area contributed by atoms with E-state index in [4.69, 9.17) is 4.74 Å². The number of morpholine rings is 1. The topological polar surface area (TPSA) is 58.6 Å².